The summed E-state index contributed by atoms with van der Waals surface area (Å²) in [5, 5.41) is 31.4. The third kappa shape index (κ3) is 4.62. The smallest absolute Gasteiger partial charge is 0.338 e. The number of aromatic nitrogens is 2. The lowest BCUT2D eigenvalue weighted by Crippen LogP contribution is -2.30. The number of benzene rings is 2. The first-order chi connectivity index (χ1) is 16.0. The van der Waals surface area contributed by atoms with Crippen molar-refractivity contribution in [1.82, 2.24) is 9.97 Å². The van der Waals surface area contributed by atoms with Crippen molar-refractivity contribution in [3.05, 3.63) is 69.7 Å². The van der Waals surface area contributed by atoms with Crippen LogP contribution in [-0.2, 0) is 4.74 Å². The van der Waals surface area contributed by atoms with Gasteiger partial charge in [-0.2, -0.15) is 5.26 Å². The number of fused-ring (bicyclic) bond motifs is 1. The Hall–Kier alpha value is -4.39. The van der Waals surface area contributed by atoms with Crippen molar-refractivity contribution in [2.75, 3.05) is 24.6 Å². The largest absolute Gasteiger partial charge is 0.507 e. The van der Waals surface area contributed by atoms with Gasteiger partial charge in [0.1, 0.15) is 23.9 Å². The molecule has 4 rings (SSSR count). The number of hydrogen-bond acceptors (Lipinski definition) is 8. The van der Waals surface area contributed by atoms with Crippen molar-refractivity contribution < 1.29 is 19.6 Å². The molecule has 0 saturated carbocycles. The third-order valence-electron chi connectivity index (χ3n) is 5.47. The second kappa shape index (κ2) is 9.40. The summed E-state index contributed by atoms with van der Waals surface area (Å²) in [6.07, 6.45) is 3.00. The number of anilines is 1. The van der Waals surface area contributed by atoms with Crippen molar-refractivity contribution in [1.29, 1.82) is 5.26 Å². The van der Waals surface area contributed by atoms with Crippen molar-refractivity contribution in [2.24, 2.45) is 0 Å². The lowest BCUT2D eigenvalue weighted by Gasteiger charge is -2.28. The van der Waals surface area contributed by atoms with Gasteiger partial charge in [-0.15, -0.1) is 0 Å². The number of nitro benzene ring substituents is 1. The Balaban J connectivity index is 1.52. The van der Waals surface area contributed by atoms with Crippen LogP contribution in [0.4, 0.5) is 11.4 Å². The molecule has 0 unspecified atom stereocenters. The number of aliphatic hydroxyl groups is 1. The topological polar surface area (TPSA) is 145 Å². The number of nitrogens with zero attached hydrogens (tertiary/aromatic N) is 4. The molecule has 0 aliphatic carbocycles. The highest BCUT2D eigenvalue weighted by Gasteiger charge is 2.24. The molecule has 1 fully saturated rings. The maximum atomic E-state index is 12.5. The number of piperidine rings is 1. The second-order valence-corrected chi connectivity index (χ2v) is 7.62. The van der Waals surface area contributed by atoms with Gasteiger partial charge in [-0.05, 0) is 43.5 Å². The van der Waals surface area contributed by atoms with E-state index >= 15 is 0 Å². The number of imidazole rings is 1. The molecule has 0 amide bonds. The second-order valence-electron chi connectivity index (χ2n) is 7.62. The normalized spacial score (nSPS) is 14.5. The third-order valence-corrected chi connectivity index (χ3v) is 5.47. The number of hydrogen-bond donors (Lipinski definition) is 2. The van der Waals surface area contributed by atoms with E-state index in [0.29, 0.717) is 16.7 Å². The SMILES string of the molecule is N#CC(=C(O)COC(=O)c1ccc(N2CCCCC2)c([N+](=O)[O-])c1)c1nc2ccccc2[nH]1. The summed E-state index contributed by atoms with van der Waals surface area (Å²) in [7, 11) is 0. The average Bonchev–Trinajstić information content (AvgIpc) is 3.26. The molecule has 2 N–H and O–H groups in total. The van der Waals surface area contributed by atoms with Crippen molar-refractivity contribution in [3.63, 3.8) is 0 Å². The number of para-hydroxylation sites is 2. The Morgan fingerprint density at radius 1 is 1.24 bits per heavy atom. The molecule has 33 heavy (non-hydrogen) atoms. The van der Waals surface area contributed by atoms with E-state index in [4.69, 9.17) is 4.74 Å². The number of nitrogens with one attached hydrogen (secondary N) is 1. The van der Waals surface area contributed by atoms with Crippen LogP contribution in [0.15, 0.2) is 48.2 Å². The molecule has 1 aliphatic rings. The van der Waals surface area contributed by atoms with Gasteiger partial charge in [0.15, 0.2) is 11.6 Å². The van der Waals surface area contributed by atoms with Crippen molar-refractivity contribution >= 4 is 34.0 Å². The van der Waals surface area contributed by atoms with Crippen LogP contribution in [0.2, 0.25) is 0 Å². The zero-order valence-electron chi connectivity index (χ0n) is 17.7. The van der Waals surface area contributed by atoms with E-state index in [1.54, 1.807) is 30.3 Å². The minimum Gasteiger partial charge on any atom is -0.507 e. The van der Waals surface area contributed by atoms with Gasteiger partial charge in [0.2, 0.25) is 0 Å². The van der Waals surface area contributed by atoms with Crippen LogP contribution in [0.1, 0.15) is 35.4 Å². The highest BCUT2D eigenvalue weighted by atomic mass is 16.6. The number of rotatable bonds is 6. The van der Waals surface area contributed by atoms with E-state index in [9.17, 15) is 25.3 Å². The van der Waals surface area contributed by atoms with Gasteiger partial charge in [-0.3, -0.25) is 10.1 Å². The predicted molar refractivity (Wildman–Crippen MR) is 121 cm³/mol. The van der Waals surface area contributed by atoms with Gasteiger partial charge in [-0.25, -0.2) is 9.78 Å². The van der Waals surface area contributed by atoms with Crippen LogP contribution in [0.25, 0.3) is 16.6 Å². The number of nitriles is 1. The van der Waals surface area contributed by atoms with E-state index in [2.05, 4.69) is 9.97 Å². The van der Waals surface area contributed by atoms with Crippen LogP contribution in [0.5, 0.6) is 0 Å². The van der Waals surface area contributed by atoms with Crippen molar-refractivity contribution in [3.8, 4) is 6.07 Å². The molecular weight excluding hydrogens is 426 g/mol. The molecule has 0 radical (unpaired) electrons. The fraction of sp³-hybridized carbons (Fsp3) is 0.261. The van der Waals surface area contributed by atoms with E-state index < -0.39 is 23.3 Å². The average molecular weight is 447 g/mol. The zero-order chi connectivity index (χ0) is 23.4. The summed E-state index contributed by atoms with van der Waals surface area (Å²) in [5.41, 5.74) is 1.42. The number of carbonyl (C=O) groups excluding carboxylic acids is 1. The van der Waals surface area contributed by atoms with Crippen LogP contribution in [-0.4, -0.2) is 45.7 Å². The number of aliphatic hydroxyl groups excluding tert-OH is 1. The summed E-state index contributed by atoms with van der Waals surface area (Å²) in [6, 6.07) is 13.2. The van der Waals surface area contributed by atoms with Crippen LogP contribution < -0.4 is 4.90 Å². The number of aromatic amines is 1. The summed E-state index contributed by atoms with van der Waals surface area (Å²) < 4.78 is 5.11. The minimum absolute atomic E-state index is 0.0162. The molecule has 1 aliphatic heterocycles. The van der Waals surface area contributed by atoms with Crippen LogP contribution in [0.3, 0.4) is 0 Å². The molecule has 1 saturated heterocycles. The Kier molecular flexibility index (Phi) is 6.22. The highest BCUT2D eigenvalue weighted by molar-refractivity contribution is 5.92. The number of carbonyl (C=O) groups is 1. The lowest BCUT2D eigenvalue weighted by atomic mass is 10.1. The lowest BCUT2D eigenvalue weighted by molar-refractivity contribution is -0.384. The minimum atomic E-state index is -0.850. The first-order valence-electron chi connectivity index (χ1n) is 10.5. The molecule has 2 aromatic carbocycles. The number of H-pyrrole nitrogens is 1. The molecule has 0 bridgehead atoms. The van der Waals surface area contributed by atoms with Gasteiger partial charge in [0.05, 0.1) is 21.5 Å². The first-order valence-corrected chi connectivity index (χ1v) is 10.5. The quantitative estimate of drug-likeness (QED) is 0.189. The van der Waals surface area contributed by atoms with Gasteiger partial charge in [-0.1, -0.05) is 12.1 Å². The van der Waals surface area contributed by atoms with Crippen LogP contribution >= 0.6 is 0 Å². The van der Waals surface area contributed by atoms with Gasteiger partial charge in [0, 0.05) is 19.2 Å². The predicted octanol–water partition coefficient (Wildman–Crippen LogP) is 4.11. The zero-order valence-corrected chi connectivity index (χ0v) is 17.7. The molecule has 3 aromatic rings. The maximum Gasteiger partial charge on any atom is 0.338 e. The number of ether oxygens (including phenoxy) is 1. The van der Waals surface area contributed by atoms with Gasteiger partial charge in [0.25, 0.3) is 5.69 Å². The molecule has 2 heterocycles. The Labute approximate surface area is 188 Å². The Morgan fingerprint density at radius 3 is 2.70 bits per heavy atom. The molecule has 0 atom stereocenters. The number of nitro groups is 1. The van der Waals surface area contributed by atoms with Crippen LogP contribution in [0, 0.1) is 21.4 Å². The van der Waals surface area contributed by atoms with E-state index in [1.807, 2.05) is 11.0 Å². The summed E-state index contributed by atoms with van der Waals surface area (Å²) in [5.74, 6) is -1.19. The highest BCUT2D eigenvalue weighted by Crippen LogP contribution is 2.31. The van der Waals surface area contributed by atoms with Gasteiger partial charge < -0.3 is 19.7 Å². The van der Waals surface area contributed by atoms with E-state index in [1.165, 1.54) is 12.1 Å². The number of esters is 1. The molecule has 10 nitrogen and oxygen atoms in total. The standard InChI is InChI=1S/C23H21N5O5/c24-13-16(22-25-17-6-2-3-7-18(17)26-22)21(29)14-33-23(30)15-8-9-19(20(12-15)28(31)32)27-10-4-1-5-11-27/h2-3,6-9,12,29H,1,4-5,10-11,14H2,(H,25,26). The molecular formula is C23H21N5O5. The van der Waals surface area contributed by atoms with E-state index in [0.717, 1.165) is 32.4 Å². The van der Waals surface area contributed by atoms with E-state index in [-0.39, 0.29) is 22.6 Å². The molecule has 168 valence electrons. The van der Waals surface area contributed by atoms with Gasteiger partial charge >= 0.3 is 5.97 Å². The molecule has 1 aromatic heterocycles. The fourth-order valence-electron chi connectivity index (χ4n) is 3.81. The van der Waals surface area contributed by atoms with Crippen molar-refractivity contribution in [2.45, 2.75) is 19.3 Å². The molecule has 0 spiro atoms. The fourth-order valence-corrected chi connectivity index (χ4v) is 3.81. The Bertz CT molecular complexity index is 1250. The Morgan fingerprint density at radius 2 is 2.00 bits per heavy atom. The maximum absolute atomic E-state index is 12.5. The monoisotopic (exact) mass is 447 g/mol. The summed E-state index contributed by atoms with van der Waals surface area (Å²) in [6.45, 7) is 0.866. The summed E-state index contributed by atoms with van der Waals surface area (Å²) in [4.78, 5) is 32.7. The number of allylic oxidation sites excluding steroid dienone is 1. The molecule has 10 heteroatoms. The first kappa shape index (κ1) is 21.8. The summed E-state index contributed by atoms with van der Waals surface area (Å²) >= 11 is 0.